The van der Waals surface area contributed by atoms with E-state index in [1.165, 1.54) is 42.6 Å². The molecule has 1 aliphatic carbocycles. The number of carbonyl (C=O) groups excluding carboxylic acids is 1. The fraction of sp³-hybridized carbons (Fsp3) is 0.360. The van der Waals surface area contributed by atoms with E-state index in [0.717, 1.165) is 15.7 Å². The second-order valence-electron chi connectivity index (χ2n) is 9.71. The van der Waals surface area contributed by atoms with Gasteiger partial charge in [-0.2, -0.15) is 26.3 Å². The van der Waals surface area contributed by atoms with Gasteiger partial charge in [-0.1, -0.05) is 17.7 Å². The average Bonchev–Trinajstić information content (AvgIpc) is 3.55. The van der Waals surface area contributed by atoms with Crippen LogP contribution in [0.15, 0.2) is 53.7 Å². The van der Waals surface area contributed by atoms with E-state index in [4.69, 9.17) is 11.6 Å². The van der Waals surface area contributed by atoms with Crippen LogP contribution < -0.4 is 5.69 Å². The number of benzene rings is 1. The number of halogens is 7. The van der Waals surface area contributed by atoms with E-state index in [2.05, 4.69) is 20.2 Å². The third kappa shape index (κ3) is 5.68. The van der Waals surface area contributed by atoms with Crippen molar-refractivity contribution in [1.29, 1.82) is 0 Å². The van der Waals surface area contributed by atoms with Crippen LogP contribution in [0, 0.1) is 5.41 Å². The maximum absolute atomic E-state index is 13.4. The number of nitrogens with zero attached hydrogens (tertiary/aromatic N) is 7. The van der Waals surface area contributed by atoms with Crippen molar-refractivity contribution in [3.8, 4) is 17.2 Å². The van der Waals surface area contributed by atoms with Gasteiger partial charge in [-0.15, -0.1) is 10.2 Å². The molecule has 1 aromatic carbocycles. The van der Waals surface area contributed by atoms with Gasteiger partial charge in [0.05, 0.1) is 6.54 Å². The number of aliphatic hydroxyl groups excluding tert-OH is 1. The Hall–Kier alpha value is -4.05. The number of carbonyl (C=O) groups is 1. The van der Waals surface area contributed by atoms with Crippen LogP contribution in [0.1, 0.15) is 24.2 Å². The van der Waals surface area contributed by atoms with Crippen LogP contribution in [0.2, 0.25) is 5.02 Å². The summed E-state index contributed by atoms with van der Waals surface area (Å²) in [7, 11) is 0. The predicted molar refractivity (Wildman–Crippen MR) is 134 cm³/mol. The van der Waals surface area contributed by atoms with E-state index in [0.29, 0.717) is 9.59 Å². The summed E-state index contributed by atoms with van der Waals surface area (Å²) in [5.74, 6) is -1.17. The smallest absolute Gasteiger partial charge is 0.382 e. The minimum atomic E-state index is -5.00. The largest absolute Gasteiger partial charge is 0.416 e. The van der Waals surface area contributed by atoms with Crippen LogP contribution in [0.5, 0.6) is 0 Å². The third-order valence-corrected chi connectivity index (χ3v) is 7.10. The van der Waals surface area contributed by atoms with Crippen LogP contribution >= 0.6 is 11.6 Å². The van der Waals surface area contributed by atoms with Gasteiger partial charge in [0.1, 0.15) is 18.3 Å². The Morgan fingerprint density at radius 1 is 1.05 bits per heavy atom. The lowest BCUT2D eigenvalue weighted by molar-refractivity contribution is -0.207. The minimum absolute atomic E-state index is 0.0376. The molecule has 42 heavy (non-hydrogen) atoms. The van der Waals surface area contributed by atoms with E-state index >= 15 is 0 Å². The van der Waals surface area contributed by atoms with Crippen LogP contribution in [-0.2, 0) is 24.3 Å². The molecule has 222 valence electrons. The quantitative estimate of drug-likeness (QED) is 0.285. The van der Waals surface area contributed by atoms with E-state index in [-0.39, 0.29) is 41.4 Å². The summed E-state index contributed by atoms with van der Waals surface area (Å²) in [6.07, 6.45) is -11.1. The van der Waals surface area contributed by atoms with E-state index in [1.807, 2.05) is 0 Å². The Labute approximate surface area is 237 Å². The van der Waals surface area contributed by atoms with Crippen molar-refractivity contribution in [2.75, 3.05) is 0 Å². The average molecular weight is 616 g/mol. The van der Waals surface area contributed by atoms with Gasteiger partial charge < -0.3 is 5.11 Å². The molecule has 17 heteroatoms. The van der Waals surface area contributed by atoms with Crippen molar-refractivity contribution < 1.29 is 36.2 Å². The highest BCUT2D eigenvalue weighted by molar-refractivity contribution is 6.30. The topological polar surface area (TPSA) is 121 Å². The summed E-state index contributed by atoms with van der Waals surface area (Å²) < 4.78 is 82.1. The van der Waals surface area contributed by atoms with Gasteiger partial charge in [-0.3, -0.25) is 9.36 Å². The maximum atomic E-state index is 13.4. The Kier molecular flexibility index (Phi) is 7.47. The van der Waals surface area contributed by atoms with Crippen molar-refractivity contribution >= 4 is 17.4 Å². The molecule has 1 fully saturated rings. The maximum Gasteiger partial charge on any atom is 0.416 e. The molecule has 4 aromatic rings. The molecule has 0 amide bonds. The fourth-order valence-corrected chi connectivity index (χ4v) is 4.49. The lowest BCUT2D eigenvalue weighted by atomic mass is 9.94. The number of ketones is 1. The second kappa shape index (κ2) is 10.7. The van der Waals surface area contributed by atoms with Gasteiger partial charge >= 0.3 is 18.0 Å². The number of hydrogen-bond donors (Lipinski definition) is 1. The molecule has 0 saturated heterocycles. The molecule has 3 aromatic heterocycles. The summed E-state index contributed by atoms with van der Waals surface area (Å²) in [4.78, 5) is 33.8. The van der Waals surface area contributed by atoms with Gasteiger partial charge in [0.2, 0.25) is 0 Å². The molecule has 0 radical (unpaired) electrons. The van der Waals surface area contributed by atoms with Gasteiger partial charge in [-0.05, 0) is 43.2 Å². The number of Topliss-reactive ketones (excluding diaryl/α,β-unsaturated/α-hetero) is 1. The molecule has 1 saturated carbocycles. The summed E-state index contributed by atoms with van der Waals surface area (Å²) in [5, 5.41) is 18.3. The summed E-state index contributed by atoms with van der Waals surface area (Å²) in [6, 6.07) is 8.66. The number of aliphatic hydroxyl groups is 1. The van der Waals surface area contributed by atoms with E-state index in [1.54, 1.807) is 0 Å². The Morgan fingerprint density at radius 3 is 2.36 bits per heavy atom. The first kappa shape index (κ1) is 29.4. The summed E-state index contributed by atoms with van der Waals surface area (Å²) in [6.45, 7) is -1.55. The number of aromatic nitrogens is 7. The number of rotatable bonds is 9. The van der Waals surface area contributed by atoms with Crippen LogP contribution in [0.4, 0.5) is 26.3 Å². The van der Waals surface area contributed by atoms with E-state index in [9.17, 15) is 41.0 Å². The molecule has 0 spiro atoms. The molecule has 1 N–H and O–H groups in total. The SMILES string of the molecule is O=C(Cc1cccnc1-n1cnc(Cn2nc(-c3ccc(Cl)cc3)n(C[C@H](O)C(F)(F)F)c2=O)n1)C1(C(F)(F)F)CC1. The Morgan fingerprint density at radius 2 is 1.74 bits per heavy atom. The Balaban J connectivity index is 1.43. The molecule has 0 bridgehead atoms. The zero-order valence-corrected chi connectivity index (χ0v) is 22.0. The van der Waals surface area contributed by atoms with Crippen molar-refractivity contribution in [3.05, 3.63) is 75.8 Å². The zero-order chi connectivity index (χ0) is 30.4. The number of alkyl halides is 6. The number of pyridine rings is 1. The Bertz CT molecular complexity index is 1670. The minimum Gasteiger partial charge on any atom is -0.382 e. The van der Waals surface area contributed by atoms with Gasteiger partial charge in [-0.25, -0.2) is 24.1 Å². The van der Waals surface area contributed by atoms with Crippen molar-refractivity contribution in [1.82, 2.24) is 34.1 Å². The highest BCUT2D eigenvalue weighted by Gasteiger charge is 2.67. The van der Waals surface area contributed by atoms with Crippen LogP contribution in [-0.4, -0.2) is 63.4 Å². The highest BCUT2D eigenvalue weighted by Crippen LogP contribution is 2.58. The summed E-state index contributed by atoms with van der Waals surface area (Å²) >= 11 is 5.89. The monoisotopic (exact) mass is 615 g/mol. The van der Waals surface area contributed by atoms with Gasteiger partial charge in [0.15, 0.2) is 29.4 Å². The van der Waals surface area contributed by atoms with Crippen LogP contribution in [0.25, 0.3) is 17.2 Å². The van der Waals surface area contributed by atoms with Crippen molar-refractivity contribution in [3.63, 3.8) is 0 Å². The predicted octanol–water partition coefficient (Wildman–Crippen LogP) is 3.77. The lowest BCUT2D eigenvalue weighted by Crippen LogP contribution is -2.37. The van der Waals surface area contributed by atoms with Gasteiger partial charge in [0, 0.05) is 28.8 Å². The first-order chi connectivity index (χ1) is 19.7. The highest BCUT2D eigenvalue weighted by atomic mass is 35.5. The second-order valence-corrected chi connectivity index (χ2v) is 10.1. The normalized spacial score (nSPS) is 15.5. The van der Waals surface area contributed by atoms with E-state index < -0.39 is 54.9 Å². The first-order valence-electron chi connectivity index (χ1n) is 12.3. The van der Waals surface area contributed by atoms with Crippen molar-refractivity contribution in [2.24, 2.45) is 5.41 Å². The van der Waals surface area contributed by atoms with Gasteiger partial charge in [0.25, 0.3) is 0 Å². The molecule has 10 nitrogen and oxygen atoms in total. The molecule has 3 heterocycles. The number of hydrogen-bond acceptors (Lipinski definition) is 7. The standard InChI is InChI=1S/C25H20ClF6N7O3/c26-16-5-3-14(4-6-16)21-36-38(22(42)37(21)11-18(41)24(27,28)29)12-19-34-13-39(35-19)20-15(2-1-9-33-20)10-17(40)23(7-8-23)25(30,31)32/h1-6,9,13,18,41H,7-8,10-12H2/t18-/m0/s1. The summed E-state index contributed by atoms with van der Waals surface area (Å²) in [5.41, 5.74) is -2.94. The lowest BCUT2D eigenvalue weighted by Gasteiger charge is -2.18. The zero-order valence-electron chi connectivity index (χ0n) is 21.3. The van der Waals surface area contributed by atoms with Crippen LogP contribution in [0.3, 0.4) is 0 Å². The molecule has 0 aliphatic heterocycles. The first-order valence-corrected chi connectivity index (χ1v) is 12.7. The molecule has 1 atom stereocenters. The molecule has 5 rings (SSSR count). The molecule has 1 aliphatic rings. The molecule has 0 unspecified atom stereocenters. The molecular weight excluding hydrogens is 596 g/mol. The fourth-order valence-electron chi connectivity index (χ4n) is 4.37. The third-order valence-electron chi connectivity index (χ3n) is 6.85. The molecular formula is C25H20ClF6N7O3. The van der Waals surface area contributed by atoms with Crippen molar-refractivity contribution in [2.45, 2.75) is 50.8 Å².